The highest BCUT2D eigenvalue weighted by molar-refractivity contribution is 6.06. The van der Waals surface area contributed by atoms with Crippen molar-refractivity contribution in [1.82, 2.24) is 15.0 Å². The molecule has 0 spiro atoms. The van der Waals surface area contributed by atoms with Crippen molar-refractivity contribution in [2.24, 2.45) is 5.92 Å². The minimum atomic E-state index is -0.303. The van der Waals surface area contributed by atoms with Crippen LogP contribution in [0.5, 0.6) is 0 Å². The van der Waals surface area contributed by atoms with E-state index in [2.05, 4.69) is 25.6 Å². The molecule has 2 amide bonds. The summed E-state index contributed by atoms with van der Waals surface area (Å²) >= 11 is 0. The smallest absolute Gasteiger partial charge is 0.255 e. The predicted molar refractivity (Wildman–Crippen MR) is 101 cm³/mol. The van der Waals surface area contributed by atoms with E-state index in [0.29, 0.717) is 17.1 Å². The summed E-state index contributed by atoms with van der Waals surface area (Å²) in [5.41, 5.74) is 2.77. The first-order valence-corrected chi connectivity index (χ1v) is 8.63. The second kappa shape index (κ2) is 7.33. The summed E-state index contributed by atoms with van der Waals surface area (Å²) in [4.78, 5) is 36.8. The lowest BCUT2D eigenvalue weighted by atomic mass is 10.1. The second-order valence-corrected chi connectivity index (χ2v) is 6.30. The molecular weight excluding hydrogens is 342 g/mol. The van der Waals surface area contributed by atoms with Gasteiger partial charge < -0.3 is 10.6 Å². The number of carbonyl (C=O) groups excluding carboxylic acids is 2. The van der Waals surface area contributed by atoms with E-state index in [4.69, 9.17) is 0 Å². The number of anilines is 2. The van der Waals surface area contributed by atoms with E-state index in [0.717, 1.165) is 24.0 Å². The van der Waals surface area contributed by atoms with Gasteiger partial charge in [-0.25, -0.2) is 4.98 Å². The fourth-order valence-corrected chi connectivity index (χ4v) is 2.69. The highest BCUT2D eigenvalue weighted by Gasteiger charge is 2.29. The lowest BCUT2D eigenvalue weighted by Crippen LogP contribution is -2.16. The maximum atomic E-state index is 12.7. The van der Waals surface area contributed by atoms with Gasteiger partial charge in [0.2, 0.25) is 5.91 Å². The van der Waals surface area contributed by atoms with Crippen LogP contribution < -0.4 is 10.6 Å². The second-order valence-electron chi connectivity index (χ2n) is 6.30. The Kier molecular flexibility index (Phi) is 4.57. The van der Waals surface area contributed by atoms with Gasteiger partial charge in [0.15, 0.2) is 0 Å². The number of hydrogen-bond acceptors (Lipinski definition) is 5. The summed E-state index contributed by atoms with van der Waals surface area (Å²) < 4.78 is 0. The molecule has 2 N–H and O–H groups in total. The molecule has 0 unspecified atom stereocenters. The average molecular weight is 359 g/mol. The molecule has 0 saturated heterocycles. The quantitative estimate of drug-likeness (QED) is 0.729. The van der Waals surface area contributed by atoms with Gasteiger partial charge in [-0.15, -0.1) is 0 Å². The Labute approximate surface area is 155 Å². The molecule has 1 saturated carbocycles. The molecule has 1 fully saturated rings. The van der Waals surface area contributed by atoms with Crippen molar-refractivity contribution in [3.63, 3.8) is 0 Å². The van der Waals surface area contributed by atoms with Crippen molar-refractivity contribution in [3.8, 4) is 11.1 Å². The molecule has 4 rings (SSSR count). The molecule has 0 atom stereocenters. The molecular formula is C20H17N5O2. The average Bonchev–Trinajstić information content (AvgIpc) is 3.55. The lowest BCUT2D eigenvalue weighted by Gasteiger charge is -2.11. The molecule has 0 radical (unpaired) electrons. The number of nitrogens with one attached hydrogen (secondary N) is 2. The van der Waals surface area contributed by atoms with Crippen LogP contribution in [0.1, 0.15) is 23.2 Å². The highest BCUT2D eigenvalue weighted by Crippen LogP contribution is 2.30. The zero-order valence-corrected chi connectivity index (χ0v) is 14.4. The van der Waals surface area contributed by atoms with Gasteiger partial charge in [-0.1, -0.05) is 0 Å². The van der Waals surface area contributed by atoms with Crippen LogP contribution in [0.15, 0.2) is 61.3 Å². The van der Waals surface area contributed by atoms with Gasteiger partial charge in [0.1, 0.15) is 5.82 Å². The molecule has 27 heavy (non-hydrogen) atoms. The maximum Gasteiger partial charge on any atom is 0.255 e. The molecule has 7 heteroatoms. The van der Waals surface area contributed by atoms with Gasteiger partial charge in [-0.3, -0.25) is 19.6 Å². The first kappa shape index (κ1) is 16.8. The Morgan fingerprint density at radius 3 is 2.48 bits per heavy atom. The normalized spacial score (nSPS) is 13.0. The third-order valence-electron chi connectivity index (χ3n) is 4.28. The molecule has 0 aliphatic heterocycles. The number of aromatic nitrogens is 3. The minimum absolute atomic E-state index is 0.0488. The van der Waals surface area contributed by atoms with Crippen molar-refractivity contribution in [2.45, 2.75) is 12.8 Å². The van der Waals surface area contributed by atoms with E-state index < -0.39 is 0 Å². The Hall–Kier alpha value is -3.61. The van der Waals surface area contributed by atoms with Crippen molar-refractivity contribution in [3.05, 3.63) is 66.9 Å². The summed E-state index contributed by atoms with van der Waals surface area (Å²) in [5.74, 6) is 0.0950. The van der Waals surface area contributed by atoms with E-state index in [9.17, 15) is 9.59 Å². The number of rotatable bonds is 5. The molecule has 134 valence electrons. The largest absolute Gasteiger partial charge is 0.320 e. The molecule has 3 aromatic rings. The number of amides is 2. The number of carbonyl (C=O) groups is 2. The third kappa shape index (κ3) is 3.98. The van der Waals surface area contributed by atoms with Crippen LogP contribution in [0.2, 0.25) is 0 Å². The molecule has 3 aromatic heterocycles. The Balaban J connectivity index is 1.54. The van der Waals surface area contributed by atoms with E-state index in [1.165, 1.54) is 6.20 Å². The van der Waals surface area contributed by atoms with Crippen LogP contribution in [-0.2, 0) is 4.79 Å². The molecule has 0 bridgehead atoms. The van der Waals surface area contributed by atoms with Crippen LogP contribution in [0.3, 0.4) is 0 Å². The fraction of sp³-hybridized carbons (Fsp3) is 0.150. The van der Waals surface area contributed by atoms with Crippen LogP contribution in [0.25, 0.3) is 11.1 Å². The summed E-state index contributed by atoms with van der Waals surface area (Å²) in [5, 5.41) is 5.63. The van der Waals surface area contributed by atoms with Gasteiger partial charge in [0.25, 0.3) is 5.91 Å². The van der Waals surface area contributed by atoms with Crippen LogP contribution in [-0.4, -0.2) is 26.8 Å². The third-order valence-corrected chi connectivity index (χ3v) is 4.28. The van der Waals surface area contributed by atoms with E-state index in [1.54, 1.807) is 36.9 Å². The molecule has 0 aromatic carbocycles. The van der Waals surface area contributed by atoms with Gasteiger partial charge in [0, 0.05) is 41.8 Å². The van der Waals surface area contributed by atoms with Crippen molar-refractivity contribution >= 4 is 23.3 Å². The minimum Gasteiger partial charge on any atom is -0.320 e. The summed E-state index contributed by atoms with van der Waals surface area (Å²) in [6.07, 6.45) is 9.98. The molecule has 1 aliphatic rings. The van der Waals surface area contributed by atoms with E-state index >= 15 is 0 Å². The summed E-state index contributed by atoms with van der Waals surface area (Å²) in [7, 11) is 0. The van der Waals surface area contributed by atoms with Crippen molar-refractivity contribution in [2.75, 3.05) is 10.6 Å². The van der Waals surface area contributed by atoms with Gasteiger partial charge in [0.05, 0.1) is 11.9 Å². The zero-order chi connectivity index (χ0) is 18.6. The first-order valence-electron chi connectivity index (χ1n) is 8.63. The summed E-state index contributed by atoms with van der Waals surface area (Å²) in [6.45, 7) is 0. The van der Waals surface area contributed by atoms with E-state index in [1.807, 2.05) is 18.2 Å². The maximum absolute atomic E-state index is 12.7. The highest BCUT2D eigenvalue weighted by atomic mass is 16.2. The van der Waals surface area contributed by atoms with Crippen LogP contribution in [0, 0.1) is 5.92 Å². The molecule has 3 heterocycles. The van der Waals surface area contributed by atoms with E-state index in [-0.39, 0.29) is 17.7 Å². The Bertz CT molecular complexity index is 986. The Morgan fingerprint density at radius 2 is 1.70 bits per heavy atom. The molecule has 1 aliphatic carbocycles. The van der Waals surface area contributed by atoms with Gasteiger partial charge >= 0.3 is 0 Å². The van der Waals surface area contributed by atoms with Crippen molar-refractivity contribution in [1.29, 1.82) is 0 Å². The lowest BCUT2D eigenvalue weighted by molar-refractivity contribution is -0.117. The summed E-state index contributed by atoms with van der Waals surface area (Å²) in [6, 6.07) is 8.73. The van der Waals surface area contributed by atoms with Gasteiger partial charge in [-0.05, 0) is 48.7 Å². The zero-order valence-electron chi connectivity index (χ0n) is 14.4. The van der Waals surface area contributed by atoms with Crippen molar-refractivity contribution < 1.29 is 9.59 Å². The molecule has 7 nitrogen and oxygen atoms in total. The van der Waals surface area contributed by atoms with Crippen LogP contribution in [0.4, 0.5) is 11.5 Å². The van der Waals surface area contributed by atoms with Crippen LogP contribution >= 0.6 is 0 Å². The number of hydrogen-bond donors (Lipinski definition) is 2. The Morgan fingerprint density at radius 1 is 0.926 bits per heavy atom. The predicted octanol–water partition coefficient (Wildman–Crippen LogP) is 3.14. The first-order chi connectivity index (χ1) is 13.2. The monoisotopic (exact) mass is 359 g/mol. The number of pyridine rings is 3. The van der Waals surface area contributed by atoms with Gasteiger partial charge in [-0.2, -0.15) is 0 Å². The topological polar surface area (TPSA) is 96.9 Å². The fourth-order valence-electron chi connectivity index (χ4n) is 2.69. The number of nitrogens with zero attached hydrogens (tertiary/aromatic N) is 3. The SMILES string of the molecule is O=C(Nc1cnccc1-c1ccncc1)c1ccnc(NC(=O)C2CC2)c1. The standard InChI is InChI=1S/C20H17N5O2/c26-19(14-1-2-14)25-18-11-15(5-10-23-18)20(27)24-17-12-22-9-6-16(17)13-3-7-21-8-4-13/h3-12,14H,1-2H2,(H,24,27)(H,23,25,26).